The molecule has 0 saturated carbocycles. The van der Waals surface area contributed by atoms with Crippen LogP contribution in [0.4, 0.5) is 0 Å². The lowest BCUT2D eigenvalue weighted by Gasteiger charge is -2.16. The average Bonchev–Trinajstić information content (AvgIpc) is 2.55. The fourth-order valence-electron chi connectivity index (χ4n) is 2.25. The summed E-state index contributed by atoms with van der Waals surface area (Å²) in [5.41, 5.74) is 0.0558. The van der Waals surface area contributed by atoms with Crippen molar-refractivity contribution in [3.8, 4) is 0 Å². The van der Waals surface area contributed by atoms with Crippen LogP contribution in [0.1, 0.15) is 5.69 Å². The summed E-state index contributed by atoms with van der Waals surface area (Å²) in [6.45, 7) is 1.42. The molecule has 0 spiro atoms. The van der Waals surface area contributed by atoms with Crippen molar-refractivity contribution in [3.05, 3.63) is 67.3 Å². The Hall–Kier alpha value is -1.60. The summed E-state index contributed by atoms with van der Waals surface area (Å²) >= 11 is 17.7. The summed E-state index contributed by atoms with van der Waals surface area (Å²) < 4.78 is 13.8. The van der Waals surface area contributed by atoms with Crippen LogP contribution in [0.5, 0.6) is 0 Å². The highest BCUT2D eigenvalue weighted by Crippen LogP contribution is 2.28. The van der Waals surface area contributed by atoms with Gasteiger partial charge in [-0.25, -0.2) is 4.21 Å². The van der Waals surface area contributed by atoms with E-state index < -0.39 is 10.8 Å². The summed E-state index contributed by atoms with van der Waals surface area (Å²) in [4.78, 5) is 13.0. The van der Waals surface area contributed by atoms with E-state index in [4.69, 9.17) is 34.8 Å². The van der Waals surface area contributed by atoms with Crippen molar-refractivity contribution in [2.45, 2.75) is 16.8 Å². The Morgan fingerprint density at radius 3 is 2.29 bits per heavy atom. The molecule has 0 aliphatic carbocycles. The van der Waals surface area contributed by atoms with Gasteiger partial charge in [-0.1, -0.05) is 34.8 Å². The van der Waals surface area contributed by atoms with E-state index in [0.717, 1.165) is 0 Å². The number of benzene rings is 2. The number of hydrogen-bond acceptors (Lipinski definition) is 3. The maximum absolute atomic E-state index is 12.8. The Morgan fingerprint density at radius 1 is 1.08 bits per heavy atom. The van der Waals surface area contributed by atoms with Crippen LogP contribution in [0.15, 0.2) is 46.3 Å². The van der Waals surface area contributed by atoms with Crippen LogP contribution in [0.2, 0.25) is 15.1 Å². The second-order valence-corrected chi connectivity index (χ2v) is 7.60. The molecule has 1 atom stereocenters. The SMILES string of the molecule is Cc1c(S(=O)c2ccc(Cl)cc2)[n+](=O)c2cc(Cl)c(Cl)cc2n1[O-]. The molecule has 124 valence electrons. The molecule has 5 nitrogen and oxygen atoms in total. The summed E-state index contributed by atoms with van der Waals surface area (Å²) in [6, 6.07) is 8.77. The molecule has 0 amide bonds. The van der Waals surface area contributed by atoms with Crippen molar-refractivity contribution in [3.63, 3.8) is 0 Å². The Bertz CT molecular complexity index is 1050. The summed E-state index contributed by atoms with van der Waals surface area (Å²) in [7, 11) is -1.86. The Morgan fingerprint density at radius 2 is 1.67 bits per heavy atom. The molecule has 9 heteroatoms. The molecule has 0 radical (unpaired) electrons. The van der Waals surface area contributed by atoms with Gasteiger partial charge in [0.2, 0.25) is 0 Å². The summed E-state index contributed by atoms with van der Waals surface area (Å²) in [6.07, 6.45) is 0. The van der Waals surface area contributed by atoms with Crippen LogP contribution in [0, 0.1) is 17.0 Å². The van der Waals surface area contributed by atoms with Gasteiger partial charge in [0.15, 0.2) is 10.8 Å². The van der Waals surface area contributed by atoms with Gasteiger partial charge in [0.25, 0.3) is 5.52 Å². The van der Waals surface area contributed by atoms with Crippen molar-refractivity contribution in [2.75, 3.05) is 0 Å². The van der Waals surface area contributed by atoms with E-state index in [0.29, 0.717) is 19.1 Å². The zero-order valence-electron chi connectivity index (χ0n) is 12.1. The van der Waals surface area contributed by atoms with E-state index in [1.807, 2.05) is 0 Å². The van der Waals surface area contributed by atoms with Gasteiger partial charge in [0.1, 0.15) is 5.52 Å². The Kier molecular flexibility index (Phi) is 4.57. The molecule has 0 aliphatic heterocycles. The van der Waals surface area contributed by atoms with Crippen molar-refractivity contribution in [2.24, 2.45) is 0 Å². The molecule has 1 heterocycles. The maximum Gasteiger partial charge on any atom is 0.350 e. The van der Waals surface area contributed by atoms with Gasteiger partial charge in [0, 0.05) is 16.0 Å². The highest BCUT2D eigenvalue weighted by Gasteiger charge is 2.27. The first-order valence-electron chi connectivity index (χ1n) is 6.63. The average molecular weight is 404 g/mol. The van der Waals surface area contributed by atoms with E-state index in [-0.39, 0.29) is 31.8 Å². The van der Waals surface area contributed by atoms with Gasteiger partial charge in [-0.15, -0.1) is 0 Å². The molecule has 2 aromatic carbocycles. The second kappa shape index (κ2) is 6.37. The van der Waals surface area contributed by atoms with Crippen LogP contribution in [-0.2, 0) is 10.8 Å². The molecule has 0 fully saturated rings. The predicted molar refractivity (Wildman–Crippen MR) is 95.0 cm³/mol. The van der Waals surface area contributed by atoms with Crippen LogP contribution < -0.4 is 4.43 Å². The minimum absolute atomic E-state index is 0.0117. The zero-order valence-corrected chi connectivity index (χ0v) is 15.2. The van der Waals surface area contributed by atoms with E-state index in [1.54, 1.807) is 12.1 Å². The van der Waals surface area contributed by atoms with Crippen LogP contribution >= 0.6 is 34.8 Å². The molecule has 0 N–H and O–H groups in total. The molecule has 3 aromatic rings. The van der Waals surface area contributed by atoms with E-state index in [2.05, 4.69) is 0 Å². The minimum atomic E-state index is -1.86. The zero-order chi connectivity index (χ0) is 17.6. The van der Waals surface area contributed by atoms with Gasteiger partial charge in [-0.3, -0.25) is 0 Å². The third-order valence-electron chi connectivity index (χ3n) is 3.46. The third kappa shape index (κ3) is 2.80. The fourth-order valence-corrected chi connectivity index (χ4v) is 3.90. The normalized spacial score (nSPS) is 12.5. The number of rotatable bonds is 2. The monoisotopic (exact) mass is 402 g/mol. The van der Waals surface area contributed by atoms with Gasteiger partial charge >= 0.3 is 5.03 Å². The van der Waals surface area contributed by atoms with Crippen molar-refractivity contribution in [1.82, 2.24) is 4.73 Å². The quantitative estimate of drug-likeness (QED) is 0.598. The largest absolute Gasteiger partial charge is 0.805 e. The lowest BCUT2D eigenvalue weighted by Crippen LogP contribution is -2.27. The van der Waals surface area contributed by atoms with Crippen molar-refractivity contribution < 1.29 is 8.64 Å². The highest BCUT2D eigenvalue weighted by atomic mass is 35.5. The van der Waals surface area contributed by atoms with Crippen LogP contribution in [-0.4, -0.2) is 8.94 Å². The molecule has 3 rings (SSSR count). The number of halogens is 3. The third-order valence-corrected chi connectivity index (χ3v) is 5.94. The lowest BCUT2D eigenvalue weighted by molar-refractivity contribution is -0.511. The van der Waals surface area contributed by atoms with Crippen molar-refractivity contribution >= 4 is 56.6 Å². The number of hydrogen-bond donors (Lipinski definition) is 0. The molecule has 0 aliphatic rings. The maximum atomic E-state index is 12.8. The van der Waals surface area contributed by atoms with Crippen molar-refractivity contribution in [1.29, 1.82) is 0 Å². The standard InChI is InChI=1S/C15H9Cl3N2O3S/c1-8-15(24(23)10-4-2-9(16)3-5-10)20(22)14-7-12(18)11(17)6-13(14)19(8)21/h2-7H,1H3. The van der Waals surface area contributed by atoms with Gasteiger partial charge in [-0.2, -0.15) is 0 Å². The first-order chi connectivity index (χ1) is 11.3. The van der Waals surface area contributed by atoms with Crippen LogP contribution in [0.25, 0.3) is 11.0 Å². The Balaban J connectivity index is 2.32. The number of nitrogens with zero attached hydrogens (tertiary/aromatic N) is 2. The van der Waals surface area contributed by atoms with Crippen LogP contribution in [0.3, 0.4) is 0 Å². The molecule has 1 aromatic heterocycles. The first kappa shape index (κ1) is 17.2. The molecule has 1 unspecified atom stereocenters. The highest BCUT2D eigenvalue weighted by molar-refractivity contribution is 7.85. The lowest BCUT2D eigenvalue weighted by atomic mass is 10.3. The molecule has 0 bridgehead atoms. The summed E-state index contributed by atoms with van der Waals surface area (Å²) in [5, 5.41) is 13.0. The number of aromatic nitrogens is 2. The smallest absolute Gasteiger partial charge is 0.350 e. The first-order valence-corrected chi connectivity index (χ1v) is 8.91. The molecular formula is C15H9Cl3N2O3S. The fraction of sp³-hybridized carbons (Fsp3) is 0.0667. The van der Waals surface area contributed by atoms with Gasteiger partial charge < -0.3 is 9.94 Å². The minimum Gasteiger partial charge on any atom is -0.805 e. The number of fused-ring (bicyclic) bond motifs is 1. The molecule has 0 saturated heterocycles. The second-order valence-electron chi connectivity index (χ2n) is 4.96. The van der Waals surface area contributed by atoms with E-state index in [1.165, 1.54) is 31.2 Å². The van der Waals surface area contributed by atoms with E-state index in [9.17, 15) is 14.3 Å². The molecule has 24 heavy (non-hydrogen) atoms. The Labute approximate surface area is 154 Å². The van der Waals surface area contributed by atoms with Gasteiger partial charge in [0.05, 0.1) is 25.1 Å². The predicted octanol–water partition coefficient (Wildman–Crippen LogP) is 4.34. The van der Waals surface area contributed by atoms with E-state index >= 15 is 0 Å². The summed E-state index contributed by atoms with van der Waals surface area (Å²) in [5.74, 6) is 0. The molecular weight excluding hydrogens is 395 g/mol. The van der Waals surface area contributed by atoms with Gasteiger partial charge in [-0.05, 0) is 37.3 Å². The topological polar surface area (TPSA) is 68.0 Å².